The molecule has 260 valence electrons. The van der Waals surface area contributed by atoms with E-state index < -0.39 is 0 Å². The van der Waals surface area contributed by atoms with Gasteiger partial charge in [0.2, 0.25) is 0 Å². The van der Waals surface area contributed by atoms with Gasteiger partial charge in [-0.15, -0.1) is 0 Å². The van der Waals surface area contributed by atoms with Crippen molar-refractivity contribution in [3.05, 3.63) is 70.2 Å². The molecule has 0 amide bonds. The smallest absolute Gasteiger partial charge is 0.133 e. The fourth-order valence-corrected chi connectivity index (χ4v) is 7.25. The third-order valence-electron chi connectivity index (χ3n) is 10.5. The molecule has 1 aromatic heterocycles. The molecule has 46 heavy (non-hydrogen) atoms. The van der Waals surface area contributed by atoms with Gasteiger partial charge in [0.05, 0.1) is 0 Å². The van der Waals surface area contributed by atoms with Crippen LogP contribution < -0.4 is 0 Å². The maximum atomic E-state index is 6.25. The number of furan rings is 1. The summed E-state index contributed by atoms with van der Waals surface area (Å²) in [5, 5.41) is 0. The number of aryl methyl sites for hydroxylation is 3. The summed E-state index contributed by atoms with van der Waals surface area (Å²) < 4.78 is 6.25. The molecule has 0 N–H and O–H groups in total. The first-order valence-corrected chi connectivity index (χ1v) is 19.9. The highest BCUT2D eigenvalue weighted by Crippen LogP contribution is 2.40. The molecule has 0 aliphatic heterocycles. The van der Waals surface area contributed by atoms with Gasteiger partial charge in [-0.2, -0.15) is 0 Å². The van der Waals surface area contributed by atoms with Crippen LogP contribution >= 0.6 is 0 Å². The van der Waals surface area contributed by atoms with Gasteiger partial charge in [-0.25, -0.2) is 0 Å². The number of rotatable bonds is 25. The number of benzene rings is 1. The van der Waals surface area contributed by atoms with Crippen LogP contribution in [0.15, 0.2) is 40.8 Å². The summed E-state index contributed by atoms with van der Waals surface area (Å²) in [7, 11) is 0. The van der Waals surface area contributed by atoms with E-state index >= 15 is 0 Å². The van der Waals surface area contributed by atoms with Crippen molar-refractivity contribution >= 4 is 11.1 Å². The maximum Gasteiger partial charge on any atom is 0.133 e. The van der Waals surface area contributed by atoms with Gasteiger partial charge in [-0.05, 0) is 116 Å². The van der Waals surface area contributed by atoms with Crippen LogP contribution in [0.25, 0.3) is 11.1 Å². The molecular formula is C45H74O. The summed E-state index contributed by atoms with van der Waals surface area (Å²) in [6.07, 6.45) is 29.7. The van der Waals surface area contributed by atoms with Crippen molar-refractivity contribution in [1.29, 1.82) is 0 Å². The van der Waals surface area contributed by atoms with Crippen molar-refractivity contribution in [2.75, 3.05) is 0 Å². The van der Waals surface area contributed by atoms with Crippen molar-refractivity contribution in [3.63, 3.8) is 0 Å². The normalized spacial score (nSPS) is 14.5. The second-order valence-electron chi connectivity index (χ2n) is 14.5. The second kappa shape index (κ2) is 23.3. The molecule has 0 saturated carbocycles. The molecule has 0 saturated heterocycles. The van der Waals surface area contributed by atoms with Crippen LogP contribution in [0.5, 0.6) is 0 Å². The summed E-state index contributed by atoms with van der Waals surface area (Å²) in [6, 6.07) is 9.51. The van der Waals surface area contributed by atoms with Crippen molar-refractivity contribution in [3.8, 4) is 0 Å². The van der Waals surface area contributed by atoms with E-state index in [0.29, 0.717) is 11.8 Å². The minimum atomic E-state index is 0.554. The Labute approximate surface area is 287 Å². The third-order valence-corrected chi connectivity index (χ3v) is 10.5. The second-order valence-corrected chi connectivity index (χ2v) is 14.5. The summed E-state index contributed by atoms with van der Waals surface area (Å²) >= 11 is 0. The van der Waals surface area contributed by atoms with Gasteiger partial charge in [0.25, 0.3) is 0 Å². The molecule has 1 heterocycles. The van der Waals surface area contributed by atoms with E-state index in [2.05, 4.69) is 98.7 Å². The standard InChI is InChI=1S/C45H74O/c1-10-16-18-19-20-21-22-23-24-27-38(14-5)43-32-36(8)42(33-39(43)15-6)44(40(25-12-3)30-28-35(7)13-4)34-41(26-17-11-2)45-31-29-37(9)46-45/h26,29,31-35,38,40H,10-25,27-28,30H2,1-9H3/b41-26-,44-34-. The Hall–Kier alpha value is -2.02. The lowest BCUT2D eigenvalue weighted by Gasteiger charge is -2.27. The number of hydrogen-bond acceptors (Lipinski definition) is 1. The summed E-state index contributed by atoms with van der Waals surface area (Å²) in [5.74, 6) is 3.99. The molecule has 1 nitrogen and oxygen atoms in total. The van der Waals surface area contributed by atoms with Crippen LogP contribution in [-0.2, 0) is 6.42 Å². The zero-order valence-corrected chi connectivity index (χ0v) is 32.0. The molecule has 2 rings (SSSR count). The van der Waals surface area contributed by atoms with Crippen molar-refractivity contribution in [1.82, 2.24) is 0 Å². The van der Waals surface area contributed by atoms with Crippen LogP contribution in [0.2, 0.25) is 0 Å². The zero-order chi connectivity index (χ0) is 33.7. The Morgan fingerprint density at radius 2 is 1.41 bits per heavy atom. The Balaban J connectivity index is 2.45. The van der Waals surface area contributed by atoms with E-state index in [1.54, 1.807) is 11.1 Å². The molecule has 3 atom stereocenters. The number of unbranched alkanes of at least 4 members (excludes halogenated alkanes) is 9. The minimum absolute atomic E-state index is 0.554. The largest absolute Gasteiger partial charge is 0.461 e. The molecule has 3 unspecified atom stereocenters. The van der Waals surface area contributed by atoms with Crippen molar-refractivity contribution in [2.24, 2.45) is 11.8 Å². The Morgan fingerprint density at radius 1 is 0.717 bits per heavy atom. The Morgan fingerprint density at radius 3 is 1.98 bits per heavy atom. The van der Waals surface area contributed by atoms with E-state index in [1.165, 1.54) is 125 Å². The van der Waals surface area contributed by atoms with Gasteiger partial charge < -0.3 is 4.42 Å². The zero-order valence-electron chi connectivity index (χ0n) is 32.0. The van der Waals surface area contributed by atoms with E-state index in [4.69, 9.17) is 4.42 Å². The monoisotopic (exact) mass is 631 g/mol. The average molecular weight is 631 g/mol. The molecule has 0 aliphatic rings. The number of allylic oxidation sites excluding steroid dienone is 4. The molecule has 2 aromatic rings. The fourth-order valence-electron chi connectivity index (χ4n) is 7.25. The lowest BCUT2D eigenvalue weighted by molar-refractivity contribution is 0.436. The van der Waals surface area contributed by atoms with Crippen molar-refractivity contribution in [2.45, 2.75) is 190 Å². The summed E-state index contributed by atoms with van der Waals surface area (Å²) in [4.78, 5) is 0. The van der Waals surface area contributed by atoms with E-state index in [0.717, 1.165) is 36.7 Å². The third kappa shape index (κ3) is 13.6. The Bertz CT molecular complexity index is 1140. The lowest BCUT2D eigenvalue weighted by Crippen LogP contribution is -2.10. The predicted octanol–water partition coefficient (Wildman–Crippen LogP) is 15.4. The van der Waals surface area contributed by atoms with E-state index in [1.807, 2.05) is 0 Å². The molecule has 0 radical (unpaired) electrons. The van der Waals surface area contributed by atoms with Gasteiger partial charge in [-0.1, -0.05) is 150 Å². The molecule has 1 aromatic carbocycles. The van der Waals surface area contributed by atoms with Crippen LogP contribution in [0, 0.1) is 25.7 Å². The summed E-state index contributed by atoms with van der Waals surface area (Å²) in [6.45, 7) is 21.0. The minimum Gasteiger partial charge on any atom is -0.461 e. The number of hydrogen-bond donors (Lipinski definition) is 0. The highest BCUT2D eigenvalue weighted by molar-refractivity contribution is 5.84. The first-order chi connectivity index (χ1) is 22.3. The first-order valence-electron chi connectivity index (χ1n) is 19.9. The molecule has 0 aliphatic carbocycles. The maximum absolute atomic E-state index is 6.25. The van der Waals surface area contributed by atoms with Gasteiger partial charge in [-0.3, -0.25) is 0 Å². The quantitative estimate of drug-likeness (QED) is 0.0786. The highest BCUT2D eigenvalue weighted by Gasteiger charge is 2.22. The van der Waals surface area contributed by atoms with E-state index in [9.17, 15) is 0 Å². The van der Waals surface area contributed by atoms with Gasteiger partial charge in [0.1, 0.15) is 11.5 Å². The first kappa shape index (κ1) is 40.2. The van der Waals surface area contributed by atoms with Crippen LogP contribution in [0.3, 0.4) is 0 Å². The molecular weight excluding hydrogens is 556 g/mol. The van der Waals surface area contributed by atoms with Crippen LogP contribution in [-0.4, -0.2) is 0 Å². The Kier molecular flexibility index (Phi) is 20.4. The molecule has 1 heteroatoms. The average Bonchev–Trinajstić information content (AvgIpc) is 3.50. The van der Waals surface area contributed by atoms with Crippen molar-refractivity contribution < 1.29 is 4.42 Å². The lowest BCUT2D eigenvalue weighted by atomic mass is 9.78. The topological polar surface area (TPSA) is 13.1 Å². The molecule has 0 bridgehead atoms. The SMILES string of the molecule is CCC/C=C(/C=C(\c1cc(CC)c(C(CC)CCCCCCCCCCC)cc1C)C(CCC)CCC(C)CC)c1ccc(C)o1. The van der Waals surface area contributed by atoms with Gasteiger partial charge in [0, 0.05) is 5.57 Å². The van der Waals surface area contributed by atoms with Gasteiger partial charge >= 0.3 is 0 Å². The van der Waals surface area contributed by atoms with Crippen LogP contribution in [0.1, 0.15) is 204 Å². The molecule has 0 spiro atoms. The van der Waals surface area contributed by atoms with Gasteiger partial charge in [0.15, 0.2) is 0 Å². The predicted molar refractivity (Wildman–Crippen MR) is 207 cm³/mol. The summed E-state index contributed by atoms with van der Waals surface area (Å²) in [5.41, 5.74) is 8.92. The fraction of sp³-hybridized carbons (Fsp3) is 0.689. The molecule has 0 fully saturated rings. The van der Waals surface area contributed by atoms with Crippen LogP contribution in [0.4, 0.5) is 0 Å². The van der Waals surface area contributed by atoms with E-state index in [-0.39, 0.29) is 0 Å². The highest BCUT2D eigenvalue weighted by atomic mass is 16.3.